The van der Waals surface area contributed by atoms with Gasteiger partial charge in [-0.3, -0.25) is 4.79 Å². The van der Waals surface area contributed by atoms with Crippen LogP contribution in [-0.4, -0.2) is 10.9 Å². The van der Waals surface area contributed by atoms with Gasteiger partial charge in [-0.1, -0.05) is 156 Å². The van der Waals surface area contributed by atoms with Crippen LogP contribution in [0.2, 0.25) is 0 Å². The Morgan fingerprint density at radius 2 is 0.817 bits per heavy atom. The van der Waals surface area contributed by atoms with Crippen LogP contribution in [0.1, 0.15) is 122 Å². The molecular weight excluding hydrogens is 737 g/mol. The Morgan fingerprint density at radius 3 is 1.13 bits per heavy atom. The lowest BCUT2D eigenvalue weighted by atomic mass is 9.84. The number of rotatable bonds is 6. The highest BCUT2D eigenvalue weighted by Crippen LogP contribution is 2.39. The van der Waals surface area contributed by atoms with E-state index in [9.17, 15) is 9.90 Å². The van der Waals surface area contributed by atoms with Gasteiger partial charge in [-0.2, -0.15) is 0 Å². The SMILES string of the molecule is CC(C)(C)c1ccc(C2=CC(=CC3=C(O)C(=Cc4cc(-c5ccc(C(C)(C)C)cc5)[o+]c(-c5ccc(C(C)(C)C)cc5)c4)C3=O)C=C(c3ccc(C(C)(C)C)cc3)O2)cc1. The van der Waals surface area contributed by atoms with Crippen molar-refractivity contribution in [2.24, 2.45) is 0 Å². The summed E-state index contributed by atoms with van der Waals surface area (Å²) in [6.45, 7) is 26.4. The van der Waals surface area contributed by atoms with Crippen LogP contribution in [0.15, 0.2) is 154 Å². The summed E-state index contributed by atoms with van der Waals surface area (Å²) in [6, 6.07) is 37.6. The van der Waals surface area contributed by atoms with Crippen molar-refractivity contribution in [3.8, 4) is 22.6 Å². The van der Waals surface area contributed by atoms with Crippen molar-refractivity contribution in [1.29, 1.82) is 0 Å². The van der Waals surface area contributed by atoms with E-state index in [-0.39, 0.29) is 44.3 Å². The topological polar surface area (TPSA) is 57.8 Å². The second-order valence-electron chi connectivity index (χ2n) is 20.3. The maximum Gasteiger partial charge on any atom is 0.361 e. The molecular formula is C56H59O4+. The quantitative estimate of drug-likeness (QED) is 0.137. The van der Waals surface area contributed by atoms with Crippen molar-refractivity contribution >= 4 is 23.4 Å². The average Bonchev–Trinajstić information content (AvgIpc) is 3.20. The molecule has 0 radical (unpaired) electrons. The first-order valence-electron chi connectivity index (χ1n) is 21.0. The molecule has 1 aromatic heterocycles. The van der Waals surface area contributed by atoms with Crippen molar-refractivity contribution in [1.82, 2.24) is 0 Å². The Kier molecular flexibility index (Phi) is 10.9. The van der Waals surface area contributed by atoms with Gasteiger partial charge in [0.05, 0.1) is 34.4 Å². The number of benzene rings is 4. The van der Waals surface area contributed by atoms with Gasteiger partial charge in [0.15, 0.2) is 0 Å². The van der Waals surface area contributed by atoms with Gasteiger partial charge in [-0.25, -0.2) is 4.42 Å². The molecule has 0 bridgehead atoms. The number of carbonyl (C=O) groups excluding carboxylic acids is 1. The molecule has 4 heteroatoms. The minimum absolute atomic E-state index is 0.0120. The lowest BCUT2D eigenvalue weighted by molar-refractivity contribution is -0.113. The molecule has 2 aliphatic rings. The molecule has 1 aliphatic heterocycles. The summed E-state index contributed by atoms with van der Waals surface area (Å²) in [5, 5.41) is 11.5. The first kappa shape index (κ1) is 42.1. The van der Waals surface area contributed by atoms with E-state index >= 15 is 0 Å². The number of ketones is 1. The Morgan fingerprint density at radius 1 is 0.483 bits per heavy atom. The van der Waals surface area contributed by atoms with E-state index in [1.807, 2.05) is 24.3 Å². The van der Waals surface area contributed by atoms with Crippen LogP contribution < -0.4 is 0 Å². The summed E-state index contributed by atoms with van der Waals surface area (Å²) in [5.74, 6) is 2.40. The third-order valence-corrected chi connectivity index (χ3v) is 11.4. The van der Waals surface area contributed by atoms with E-state index in [2.05, 4.69) is 180 Å². The number of Topliss-reactive ketones (excluding diaryl/α,β-unsaturated/α-hetero) is 1. The minimum atomic E-state index is -0.228. The lowest BCUT2D eigenvalue weighted by Crippen LogP contribution is -2.21. The first-order valence-corrected chi connectivity index (χ1v) is 21.0. The molecule has 1 aliphatic carbocycles. The summed E-state index contributed by atoms with van der Waals surface area (Å²) in [4.78, 5) is 14.0. The van der Waals surface area contributed by atoms with Gasteiger partial charge >= 0.3 is 11.5 Å². The molecule has 306 valence electrons. The molecule has 4 aromatic carbocycles. The Bertz CT molecular complexity index is 2440. The molecule has 0 unspecified atom stereocenters. The highest BCUT2D eigenvalue weighted by Gasteiger charge is 2.33. The van der Waals surface area contributed by atoms with Gasteiger partial charge in [0.25, 0.3) is 0 Å². The fraction of sp³-hybridized carbons (Fsp3) is 0.286. The largest absolute Gasteiger partial charge is 0.506 e. The van der Waals surface area contributed by atoms with E-state index in [0.29, 0.717) is 23.0 Å². The smallest absolute Gasteiger partial charge is 0.361 e. The minimum Gasteiger partial charge on any atom is -0.506 e. The van der Waals surface area contributed by atoms with Gasteiger partial charge in [0, 0.05) is 11.1 Å². The number of ether oxygens (including phenoxy) is 1. The molecule has 2 heterocycles. The van der Waals surface area contributed by atoms with Crippen LogP contribution in [0.3, 0.4) is 0 Å². The molecule has 4 nitrogen and oxygen atoms in total. The fourth-order valence-electron chi connectivity index (χ4n) is 7.36. The van der Waals surface area contributed by atoms with Crippen LogP contribution in [0.25, 0.3) is 40.2 Å². The first-order chi connectivity index (χ1) is 28.0. The third kappa shape index (κ3) is 9.09. The molecule has 7 rings (SSSR count). The van der Waals surface area contributed by atoms with Gasteiger partial charge in [0.1, 0.15) is 17.3 Å². The van der Waals surface area contributed by atoms with Gasteiger partial charge in [-0.15, -0.1) is 0 Å². The highest BCUT2D eigenvalue weighted by atomic mass is 16.5. The molecule has 0 saturated heterocycles. The molecule has 1 N–H and O–H groups in total. The van der Waals surface area contributed by atoms with Crippen molar-refractivity contribution in [2.45, 2.75) is 105 Å². The third-order valence-electron chi connectivity index (χ3n) is 11.4. The van der Waals surface area contributed by atoms with E-state index < -0.39 is 0 Å². The number of hydrogen-bond donors (Lipinski definition) is 1. The zero-order chi connectivity index (χ0) is 43.4. The molecule has 5 aromatic rings. The predicted octanol–water partition coefficient (Wildman–Crippen LogP) is 14.9. The van der Waals surface area contributed by atoms with Crippen LogP contribution in [-0.2, 0) is 31.2 Å². The van der Waals surface area contributed by atoms with Gasteiger partial charge in [0.2, 0.25) is 5.78 Å². The van der Waals surface area contributed by atoms with Crippen LogP contribution in [0.4, 0.5) is 0 Å². The Balaban J connectivity index is 1.28. The number of hydrogen-bond acceptors (Lipinski definition) is 3. The lowest BCUT2D eigenvalue weighted by Gasteiger charge is -2.23. The van der Waals surface area contributed by atoms with Crippen LogP contribution in [0.5, 0.6) is 0 Å². The number of aliphatic hydroxyl groups is 1. The fourth-order valence-corrected chi connectivity index (χ4v) is 7.36. The molecule has 0 spiro atoms. The second-order valence-corrected chi connectivity index (χ2v) is 20.3. The van der Waals surface area contributed by atoms with Crippen molar-refractivity contribution < 1.29 is 19.1 Å². The standard InChI is InChI=1S/C56H58O4/c1-53(2,3)41-21-13-37(14-22-41)47-31-35(32-48(59-47)38-15-23-42(24-16-38)54(4,5)6)29-45-51(57)46(52(45)58)30-36-33-49(39-17-25-43(26-18-39)55(7,8)9)60-50(34-36)40-19-27-44(28-20-40)56(10,11)12/h13-34H,1-12H3/p+1. The summed E-state index contributed by atoms with van der Waals surface area (Å²) >= 11 is 0. The number of aliphatic hydroxyl groups excluding tert-OH is 1. The summed E-state index contributed by atoms with van der Waals surface area (Å²) in [5.41, 5.74) is 10.7. The highest BCUT2D eigenvalue weighted by molar-refractivity contribution is 6.23. The zero-order valence-corrected chi connectivity index (χ0v) is 37.4. The van der Waals surface area contributed by atoms with Gasteiger partial charge < -0.3 is 9.84 Å². The maximum absolute atomic E-state index is 14.0. The summed E-state index contributed by atoms with van der Waals surface area (Å²) < 4.78 is 13.1. The van der Waals surface area contributed by atoms with Crippen molar-refractivity contribution in [3.05, 3.63) is 189 Å². The summed E-state index contributed by atoms with van der Waals surface area (Å²) in [6.07, 6.45) is 7.38. The number of allylic oxidation sites excluding steroid dienone is 6. The molecule has 0 saturated carbocycles. The van der Waals surface area contributed by atoms with E-state index in [0.717, 1.165) is 33.4 Å². The van der Waals surface area contributed by atoms with Crippen molar-refractivity contribution in [3.63, 3.8) is 0 Å². The number of carbonyl (C=O) groups is 1. The van der Waals surface area contributed by atoms with E-state index in [1.54, 1.807) is 12.2 Å². The second kappa shape index (κ2) is 15.6. The maximum atomic E-state index is 14.0. The normalized spacial score (nSPS) is 15.7. The molecule has 0 atom stereocenters. The van der Waals surface area contributed by atoms with Crippen molar-refractivity contribution in [2.75, 3.05) is 0 Å². The van der Waals surface area contributed by atoms with Gasteiger partial charge in [-0.05, 0) is 104 Å². The molecule has 60 heavy (non-hydrogen) atoms. The average molecular weight is 796 g/mol. The monoisotopic (exact) mass is 795 g/mol. The van der Waals surface area contributed by atoms with E-state index in [4.69, 9.17) is 9.15 Å². The Labute approximate surface area is 357 Å². The van der Waals surface area contributed by atoms with E-state index in [1.165, 1.54) is 22.3 Å². The Hall–Kier alpha value is -6.00. The van der Waals surface area contributed by atoms with Crippen LogP contribution in [0, 0.1) is 0 Å². The van der Waals surface area contributed by atoms with Crippen LogP contribution >= 0.6 is 0 Å². The molecule has 0 amide bonds. The zero-order valence-electron chi connectivity index (χ0n) is 37.4. The predicted molar refractivity (Wildman–Crippen MR) is 249 cm³/mol. The molecule has 0 fully saturated rings. The summed E-state index contributed by atoms with van der Waals surface area (Å²) in [7, 11) is 0.